The third-order valence-electron chi connectivity index (χ3n) is 0.642. The molecule has 9 heteroatoms. The second-order valence-corrected chi connectivity index (χ2v) is 4.84. The lowest BCUT2D eigenvalue weighted by Gasteiger charge is -2.09. The predicted octanol–water partition coefficient (Wildman–Crippen LogP) is -0.302. The van der Waals surface area contributed by atoms with Gasteiger partial charge in [-0.3, -0.25) is 4.55 Å². The molecular formula is C3H7F2NO4S2. The molecule has 0 rings (SSSR count). The molecule has 0 aromatic rings. The Labute approximate surface area is 70.6 Å². The molecule has 0 aliphatic heterocycles. The molecule has 0 heterocycles. The molecule has 0 bridgehead atoms. The first-order valence-electron chi connectivity index (χ1n) is 2.61. The summed E-state index contributed by atoms with van der Waals surface area (Å²) in [6.45, 7) is 0.395. The minimum atomic E-state index is -4.39. The van der Waals surface area contributed by atoms with Crippen LogP contribution in [0.4, 0.5) is 8.78 Å². The highest BCUT2D eigenvalue weighted by Crippen LogP contribution is 2.13. The van der Waals surface area contributed by atoms with Crippen LogP contribution in [0.2, 0.25) is 0 Å². The lowest BCUT2D eigenvalue weighted by molar-refractivity contribution is 0.0473. The standard InChI is InChI=1S/C3H7F2NO4S2/c1-3(4,5)2-12(9,10)6-11(7)8/h6H,2H2,1H3,(H,7,8). The molecule has 5 nitrogen and oxygen atoms in total. The van der Waals surface area contributed by atoms with E-state index >= 15 is 0 Å². The average Bonchev–Trinajstić information content (AvgIpc) is 1.48. The summed E-state index contributed by atoms with van der Waals surface area (Å²) in [6.07, 6.45) is 0. The first-order chi connectivity index (χ1) is 5.12. The van der Waals surface area contributed by atoms with Crippen LogP contribution in [0, 0.1) is 0 Å². The number of nitrogens with one attached hydrogen (secondary N) is 1. The van der Waals surface area contributed by atoms with Crippen LogP contribution < -0.4 is 4.13 Å². The van der Waals surface area contributed by atoms with E-state index in [2.05, 4.69) is 0 Å². The first kappa shape index (κ1) is 11.9. The Morgan fingerprint density at radius 1 is 1.58 bits per heavy atom. The van der Waals surface area contributed by atoms with Gasteiger partial charge in [-0.1, -0.05) is 0 Å². The Bertz CT molecular complexity index is 269. The monoisotopic (exact) mass is 223 g/mol. The maximum absolute atomic E-state index is 12.1. The summed E-state index contributed by atoms with van der Waals surface area (Å²) in [6, 6.07) is 0. The van der Waals surface area contributed by atoms with Crippen molar-refractivity contribution in [2.75, 3.05) is 5.75 Å². The summed E-state index contributed by atoms with van der Waals surface area (Å²) in [4.78, 5) is 0. The van der Waals surface area contributed by atoms with Gasteiger partial charge in [0.25, 0.3) is 5.92 Å². The Kier molecular flexibility index (Phi) is 3.69. The zero-order valence-corrected chi connectivity index (χ0v) is 7.58. The van der Waals surface area contributed by atoms with E-state index in [-0.39, 0.29) is 0 Å². The fourth-order valence-corrected chi connectivity index (χ4v) is 2.24. The quantitative estimate of drug-likeness (QED) is 0.641. The molecule has 1 atom stereocenters. The highest BCUT2D eigenvalue weighted by Gasteiger charge is 2.30. The van der Waals surface area contributed by atoms with Crippen molar-refractivity contribution in [1.82, 2.24) is 4.13 Å². The third-order valence-corrected chi connectivity index (χ3v) is 3.11. The van der Waals surface area contributed by atoms with E-state index in [1.807, 2.05) is 0 Å². The molecule has 0 amide bonds. The molecule has 74 valence electrons. The Balaban J connectivity index is 4.36. The van der Waals surface area contributed by atoms with Gasteiger partial charge in [0, 0.05) is 6.92 Å². The van der Waals surface area contributed by atoms with Gasteiger partial charge < -0.3 is 0 Å². The van der Waals surface area contributed by atoms with Crippen molar-refractivity contribution in [1.29, 1.82) is 0 Å². The van der Waals surface area contributed by atoms with Crippen molar-refractivity contribution >= 4 is 21.3 Å². The zero-order valence-electron chi connectivity index (χ0n) is 5.95. The van der Waals surface area contributed by atoms with Gasteiger partial charge in [-0.15, -0.1) is 4.13 Å². The van der Waals surface area contributed by atoms with Gasteiger partial charge in [0.05, 0.1) is 0 Å². The number of alkyl halides is 2. The van der Waals surface area contributed by atoms with Crippen LogP contribution in [0.3, 0.4) is 0 Å². The fourth-order valence-electron chi connectivity index (χ4n) is 0.472. The van der Waals surface area contributed by atoms with E-state index < -0.39 is 33.0 Å². The molecule has 12 heavy (non-hydrogen) atoms. The van der Waals surface area contributed by atoms with Crippen LogP contribution in [-0.2, 0) is 21.3 Å². The molecule has 0 radical (unpaired) electrons. The minimum absolute atomic E-state index is 0.395. The van der Waals surface area contributed by atoms with Gasteiger partial charge in [0.15, 0.2) is 0 Å². The van der Waals surface area contributed by atoms with Crippen molar-refractivity contribution in [2.45, 2.75) is 12.8 Å². The molecule has 0 saturated carbocycles. The van der Waals surface area contributed by atoms with Gasteiger partial charge >= 0.3 is 0 Å². The molecule has 0 aromatic heterocycles. The number of rotatable bonds is 4. The number of hydrogen-bond acceptors (Lipinski definition) is 3. The van der Waals surface area contributed by atoms with Crippen LogP contribution in [0.15, 0.2) is 0 Å². The normalized spacial score (nSPS) is 16.0. The van der Waals surface area contributed by atoms with E-state index in [0.29, 0.717) is 6.92 Å². The van der Waals surface area contributed by atoms with Crippen molar-refractivity contribution < 1.29 is 26.0 Å². The van der Waals surface area contributed by atoms with Crippen LogP contribution in [0.5, 0.6) is 0 Å². The Hall–Kier alpha value is -0.120. The highest BCUT2D eigenvalue weighted by molar-refractivity contribution is 8.00. The molecule has 0 aromatic carbocycles. The van der Waals surface area contributed by atoms with Crippen LogP contribution in [0.25, 0.3) is 0 Å². The maximum atomic E-state index is 12.1. The largest absolute Gasteiger partial charge is 0.293 e. The van der Waals surface area contributed by atoms with Gasteiger partial charge in [-0.05, 0) is 0 Å². The van der Waals surface area contributed by atoms with E-state index in [0.717, 1.165) is 4.13 Å². The third kappa shape index (κ3) is 6.58. The van der Waals surface area contributed by atoms with Gasteiger partial charge in [0.1, 0.15) is 5.75 Å². The summed E-state index contributed by atoms with van der Waals surface area (Å²) in [5.41, 5.74) is 0. The highest BCUT2D eigenvalue weighted by atomic mass is 32.3. The molecule has 2 N–H and O–H groups in total. The molecule has 0 fully saturated rings. The summed E-state index contributed by atoms with van der Waals surface area (Å²) in [5.74, 6) is -4.93. The minimum Gasteiger partial charge on any atom is -0.293 e. The molecule has 1 unspecified atom stereocenters. The Morgan fingerprint density at radius 2 is 2.00 bits per heavy atom. The van der Waals surface area contributed by atoms with Gasteiger partial charge in [-0.25, -0.2) is 21.4 Å². The average molecular weight is 223 g/mol. The topological polar surface area (TPSA) is 83.5 Å². The van der Waals surface area contributed by atoms with E-state index in [4.69, 9.17) is 4.55 Å². The van der Waals surface area contributed by atoms with Gasteiger partial charge in [0.2, 0.25) is 21.3 Å². The lowest BCUT2D eigenvalue weighted by Crippen LogP contribution is -2.34. The summed E-state index contributed by atoms with van der Waals surface area (Å²) in [7, 11) is -4.39. The molecule has 0 saturated heterocycles. The van der Waals surface area contributed by atoms with Gasteiger partial charge in [-0.2, -0.15) is 0 Å². The predicted molar refractivity (Wildman–Crippen MR) is 38.3 cm³/mol. The van der Waals surface area contributed by atoms with E-state index in [1.54, 1.807) is 0 Å². The maximum Gasteiger partial charge on any atom is 0.260 e. The van der Waals surface area contributed by atoms with Crippen LogP contribution in [-0.4, -0.2) is 28.9 Å². The van der Waals surface area contributed by atoms with E-state index in [1.165, 1.54) is 0 Å². The van der Waals surface area contributed by atoms with Crippen molar-refractivity contribution in [2.24, 2.45) is 0 Å². The smallest absolute Gasteiger partial charge is 0.260 e. The molecule has 0 aliphatic rings. The second-order valence-electron chi connectivity index (χ2n) is 2.16. The first-order valence-corrected chi connectivity index (χ1v) is 5.37. The van der Waals surface area contributed by atoms with Crippen molar-refractivity contribution in [3.05, 3.63) is 0 Å². The number of hydrogen-bond donors (Lipinski definition) is 2. The van der Waals surface area contributed by atoms with Crippen molar-refractivity contribution in [3.63, 3.8) is 0 Å². The van der Waals surface area contributed by atoms with Crippen LogP contribution >= 0.6 is 0 Å². The molecular weight excluding hydrogens is 216 g/mol. The van der Waals surface area contributed by atoms with E-state index in [9.17, 15) is 21.4 Å². The summed E-state index contributed by atoms with van der Waals surface area (Å²) in [5, 5.41) is 0. The molecule has 0 aliphatic carbocycles. The number of sulfonamides is 1. The summed E-state index contributed by atoms with van der Waals surface area (Å²) < 4.78 is 64.2. The zero-order chi connectivity index (χ0) is 9.99. The van der Waals surface area contributed by atoms with Crippen LogP contribution in [0.1, 0.15) is 6.92 Å². The SMILES string of the molecule is CC(F)(F)CS(=O)(=O)NS(=O)O. The Morgan fingerprint density at radius 3 is 2.25 bits per heavy atom. The second kappa shape index (κ2) is 3.73. The lowest BCUT2D eigenvalue weighted by atomic mass is 10.5. The molecule has 0 spiro atoms. The number of halogens is 2. The van der Waals surface area contributed by atoms with Crippen molar-refractivity contribution in [3.8, 4) is 0 Å². The summed E-state index contributed by atoms with van der Waals surface area (Å²) >= 11 is -2.84. The fraction of sp³-hybridized carbons (Fsp3) is 1.00.